The van der Waals surface area contributed by atoms with Crippen molar-refractivity contribution in [1.29, 1.82) is 0 Å². The van der Waals surface area contributed by atoms with Gasteiger partial charge in [0.05, 0.1) is 29.3 Å². The summed E-state index contributed by atoms with van der Waals surface area (Å²) in [5.41, 5.74) is 6.96. The summed E-state index contributed by atoms with van der Waals surface area (Å²) in [6.45, 7) is 5.84. The molecule has 3 aromatic rings. The predicted octanol–water partition coefficient (Wildman–Crippen LogP) is 4.21. The molecule has 2 aliphatic heterocycles. The molecule has 9 nitrogen and oxygen atoms in total. The van der Waals surface area contributed by atoms with E-state index in [4.69, 9.17) is 4.65 Å². The van der Waals surface area contributed by atoms with Crippen molar-refractivity contribution in [3.05, 3.63) is 94.3 Å². The van der Waals surface area contributed by atoms with Gasteiger partial charge in [-0.05, 0) is 128 Å². The van der Waals surface area contributed by atoms with Crippen LogP contribution in [0.3, 0.4) is 0 Å². The number of fused-ring (bicyclic) bond motifs is 3. The maximum atomic E-state index is 14.1. The summed E-state index contributed by atoms with van der Waals surface area (Å²) < 4.78 is 6.24. The van der Waals surface area contributed by atoms with E-state index in [-0.39, 0.29) is 35.3 Å². The van der Waals surface area contributed by atoms with Crippen molar-refractivity contribution in [3.8, 4) is 5.75 Å². The number of rotatable bonds is 9. The van der Waals surface area contributed by atoms with Crippen molar-refractivity contribution in [2.75, 3.05) is 4.90 Å². The smallest absolute Gasteiger partial charge is 0.488 e. The molecule has 0 unspecified atom stereocenters. The van der Waals surface area contributed by atoms with Gasteiger partial charge in [0, 0.05) is 6.20 Å². The lowest BCUT2D eigenvalue weighted by Crippen LogP contribution is -2.46. The molecule has 47 heavy (non-hydrogen) atoms. The van der Waals surface area contributed by atoms with Crippen molar-refractivity contribution in [2.24, 2.45) is 17.8 Å². The van der Waals surface area contributed by atoms with E-state index in [1.54, 1.807) is 18.3 Å². The Labute approximate surface area is 275 Å². The van der Waals surface area contributed by atoms with Crippen molar-refractivity contribution in [2.45, 2.75) is 65.3 Å². The zero-order valence-electron chi connectivity index (χ0n) is 27.0. The van der Waals surface area contributed by atoms with Gasteiger partial charge in [-0.1, -0.05) is 37.1 Å². The molecule has 242 valence electrons. The standard InChI is InChI=1S/C36H40B2N2O7/c1-4-8-25-18-28-33(36(43)40(35(28)42)27-10-7-9-26(19-27)38(45)46)29-20-37(44)47-31(32(25)29)13-12-24(30-11-5-6-14-39-30)17-23-15-21(2)34(41)22(3)16-23/h5-7,9-11,14-17,19,28-29,31,33,41,44-46H,4,8,12-13,18,20H2,1-3H3/b24-17-/t28-,29+,31-,33-/m1/s1. The van der Waals surface area contributed by atoms with Crippen LogP contribution in [0.5, 0.6) is 5.75 Å². The minimum absolute atomic E-state index is 0.194. The quantitative estimate of drug-likeness (QED) is 0.156. The number of benzene rings is 2. The van der Waals surface area contributed by atoms with Crippen molar-refractivity contribution in [1.82, 2.24) is 4.98 Å². The number of carbonyl (C=O) groups is 2. The summed E-state index contributed by atoms with van der Waals surface area (Å²) in [4.78, 5) is 33.8. The maximum absolute atomic E-state index is 14.1. The van der Waals surface area contributed by atoms with E-state index in [2.05, 4.69) is 18.0 Å². The molecule has 1 aliphatic carbocycles. The number of pyridine rings is 1. The molecule has 2 aromatic carbocycles. The molecule has 4 atom stereocenters. The Morgan fingerprint density at radius 2 is 1.83 bits per heavy atom. The van der Waals surface area contributed by atoms with Gasteiger partial charge in [-0.25, -0.2) is 0 Å². The number of aromatic hydroxyl groups is 1. The van der Waals surface area contributed by atoms with Crippen molar-refractivity contribution < 1.29 is 34.4 Å². The molecule has 3 heterocycles. The molecular formula is C36H40B2N2O7. The third kappa shape index (κ3) is 6.45. The first-order chi connectivity index (χ1) is 22.6. The molecule has 6 rings (SSSR count). The second-order valence-electron chi connectivity index (χ2n) is 13.0. The second-order valence-corrected chi connectivity index (χ2v) is 13.0. The molecule has 0 spiro atoms. The number of carbonyl (C=O) groups excluding carboxylic acids is 2. The fraction of sp³-hybridized carbons (Fsp3) is 0.361. The number of phenolic OH excluding ortho intramolecular Hbond substituents is 1. The number of phenols is 1. The molecule has 2 fully saturated rings. The van der Waals surface area contributed by atoms with E-state index < -0.39 is 32.2 Å². The number of imide groups is 1. The first-order valence-corrected chi connectivity index (χ1v) is 16.4. The van der Waals surface area contributed by atoms with E-state index >= 15 is 0 Å². The van der Waals surface area contributed by atoms with E-state index in [9.17, 15) is 29.8 Å². The Morgan fingerprint density at radius 3 is 2.51 bits per heavy atom. The molecule has 3 aliphatic rings. The van der Waals surface area contributed by atoms with E-state index in [0.717, 1.165) is 51.9 Å². The fourth-order valence-corrected chi connectivity index (χ4v) is 7.77. The number of hydrogen-bond donors (Lipinski definition) is 4. The fourth-order valence-electron chi connectivity index (χ4n) is 7.77. The molecule has 11 heteroatoms. The Bertz CT molecular complexity index is 1720. The second kappa shape index (κ2) is 13.6. The Kier molecular flexibility index (Phi) is 9.53. The minimum Gasteiger partial charge on any atom is -0.507 e. The lowest BCUT2D eigenvalue weighted by Gasteiger charge is -2.43. The number of aryl methyl sites for hydroxylation is 2. The third-order valence-electron chi connectivity index (χ3n) is 9.81. The van der Waals surface area contributed by atoms with Crippen LogP contribution in [0.4, 0.5) is 5.69 Å². The third-order valence-corrected chi connectivity index (χ3v) is 9.81. The van der Waals surface area contributed by atoms with Gasteiger partial charge in [0.25, 0.3) is 0 Å². The van der Waals surface area contributed by atoms with E-state index in [1.807, 2.05) is 44.2 Å². The van der Waals surface area contributed by atoms with E-state index in [0.29, 0.717) is 24.9 Å². The van der Waals surface area contributed by atoms with Gasteiger partial charge in [-0.15, -0.1) is 0 Å². The highest BCUT2D eigenvalue weighted by molar-refractivity contribution is 6.58. The van der Waals surface area contributed by atoms with Crippen LogP contribution in [0.1, 0.15) is 61.4 Å². The van der Waals surface area contributed by atoms with Crippen LogP contribution in [0.2, 0.25) is 6.32 Å². The summed E-state index contributed by atoms with van der Waals surface area (Å²) >= 11 is 0. The Morgan fingerprint density at radius 1 is 1.06 bits per heavy atom. The highest BCUT2D eigenvalue weighted by Crippen LogP contribution is 2.52. The molecule has 2 amide bonds. The molecule has 2 saturated heterocycles. The number of allylic oxidation sites excluding steroid dienone is 2. The SMILES string of the molecule is CCCC1=C2[C@@H](CC/C(=C/c3cc(C)c(O)c(C)c3)c3ccccn3)OB(O)C[C@@H]2[C@@H]2C(=O)N(c3cccc(B(O)O)c3)C(=O)[C@@H]2C1. The first kappa shape index (κ1) is 32.9. The van der Waals surface area contributed by atoms with Gasteiger partial charge in [-0.3, -0.25) is 19.5 Å². The molecule has 1 aromatic heterocycles. The normalized spacial score (nSPS) is 22.9. The summed E-state index contributed by atoms with van der Waals surface area (Å²) in [7, 11) is -2.82. The number of anilines is 1. The first-order valence-electron chi connectivity index (χ1n) is 16.4. The van der Waals surface area contributed by atoms with Crippen LogP contribution in [-0.2, 0) is 14.2 Å². The van der Waals surface area contributed by atoms with Crippen LogP contribution in [0.25, 0.3) is 11.6 Å². The molecule has 0 bridgehead atoms. The summed E-state index contributed by atoms with van der Waals surface area (Å²) in [5.74, 6) is -1.91. The Balaban J connectivity index is 1.33. The monoisotopic (exact) mass is 634 g/mol. The predicted molar refractivity (Wildman–Crippen MR) is 182 cm³/mol. The van der Waals surface area contributed by atoms with Gasteiger partial charge in [0.2, 0.25) is 11.8 Å². The number of aromatic nitrogens is 1. The van der Waals surface area contributed by atoms with Gasteiger partial charge in [-0.2, -0.15) is 0 Å². The molecule has 4 N–H and O–H groups in total. The Hall–Kier alpha value is -4.02. The summed E-state index contributed by atoms with van der Waals surface area (Å²) in [5, 5.41) is 40.8. The largest absolute Gasteiger partial charge is 0.507 e. The lowest BCUT2D eigenvalue weighted by molar-refractivity contribution is -0.122. The average molecular weight is 634 g/mol. The van der Waals surface area contributed by atoms with E-state index in [1.165, 1.54) is 17.0 Å². The van der Waals surface area contributed by atoms with Crippen molar-refractivity contribution in [3.63, 3.8) is 0 Å². The van der Waals surface area contributed by atoms with Crippen molar-refractivity contribution >= 4 is 48.9 Å². The van der Waals surface area contributed by atoms with Gasteiger partial charge in [0.1, 0.15) is 5.75 Å². The lowest BCUT2D eigenvalue weighted by atomic mass is 9.58. The number of nitrogens with zero attached hydrogens (tertiary/aromatic N) is 2. The van der Waals surface area contributed by atoms with Gasteiger partial charge in [0.15, 0.2) is 0 Å². The minimum atomic E-state index is -1.73. The van der Waals surface area contributed by atoms with Crippen LogP contribution in [0.15, 0.2) is 71.9 Å². The van der Waals surface area contributed by atoms with Crippen LogP contribution < -0.4 is 10.4 Å². The average Bonchev–Trinajstić information content (AvgIpc) is 3.30. The molecule has 0 radical (unpaired) electrons. The number of amides is 2. The van der Waals surface area contributed by atoms with Gasteiger partial charge >= 0.3 is 14.2 Å². The summed E-state index contributed by atoms with van der Waals surface area (Å²) in [6.07, 6.45) is 6.77. The molecular weight excluding hydrogens is 594 g/mol. The zero-order chi connectivity index (χ0) is 33.4. The molecule has 0 saturated carbocycles. The summed E-state index contributed by atoms with van der Waals surface area (Å²) in [6, 6.07) is 15.9. The number of hydrogen-bond acceptors (Lipinski definition) is 8. The van der Waals surface area contributed by atoms with Crippen LogP contribution in [-0.4, -0.2) is 57.3 Å². The highest BCUT2D eigenvalue weighted by atomic mass is 16.5. The van der Waals surface area contributed by atoms with Crippen LogP contribution >= 0.6 is 0 Å². The maximum Gasteiger partial charge on any atom is 0.488 e. The zero-order valence-corrected chi connectivity index (χ0v) is 27.0. The topological polar surface area (TPSA) is 140 Å². The highest BCUT2D eigenvalue weighted by Gasteiger charge is 2.57. The van der Waals surface area contributed by atoms with Crippen LogP contribution in [0, 0.1) is 31.6 Å². The van der Waals surface area contributed by atoms with Gasteiger partial charge < -0.3 is 24.8 Å².